The highest BCUT2D eigenvalue weighted by molar-refractivity contribution is 7.47. The molecule has 0 aliphatic carbocycles. The van der Waals surface area contributed by atoms with Gasteiger partial charge in [0, 0.05) is 14.2 Å². The third-order valence-corrected chi connectivity index (χ3v) is 5.60. The maximum Gasteiger partial charge on any atom is 0.473 e. The standard InChI is InChI=1S/C10H19O7P/c1-7-8(2,17-18(11,12)16-7)10(4,14-6)15-9(7,3)13-5/h1-6H3,(H,11,12). The van der Waals surface area contributed by atoms with E-state index >= 15 is 0 Å². The molecule has 4 unspecified atom stereocenters. The van der Waals surface area contributed by atoms with Crippen LogP contribution in [-0.2, 0) is 27.8 Å². The fourth-order valence-corrected chi connectivity index (χ4v) is 4.37. The summed E-state index contributed by atoms with van der Waals surface area (Å²) in [6.45, 7) is 6.45. The lowest BCUT2D eigenvalue weighted by atomic mass is 9.78. The number of ether oxygens (including phenoxy) is 3. The van der Waals surface area contributed by atoms with Crippen LogP contribution in [0.15, 0.2) is 0 Å². The Balaban J connectivity index is 2.63. The first-order valence-electron chi connectivity index (χ1n) is 5.54. The van der Waals surface area contributed by atoms with Gasteiger partial charge >= 0.3 is 7.82 Å². The zero-order valence-corrected chi connectivity index (χ0v) is 12.2. The number of methoxy groups -OCH3 is 2. The number of phosphoric acid groups is 1. The minimum absolute atomic E-state index is 1.28. The molecule has 106 valence electrons. The van der Waals surface area contributed by atoms with Gasteiger partial charge in [0.2, 0.25) is 11.6 Å². The van der Waals surface area contributed by atoms with Gasteiger partial charge in [-0.25, -0.2) is 4.57 Å². The summed E-state index contributed by atoms with van der Waals surface area (Å²) in [6.07, 6.45) is 0. The van der Waals surface area contributed by atoms with E-state index in [0.717, 1.165) is 0 Å². The molecule has 8 heteroatoms. The Morgan fingerprint density at radius 3 is 1.56 bits per heavy atom. The first-order chi connectivity index (χ1) is 7.99. The van der Waals surface area contributed by atoms with E-state index in [2.05, 4.69) is 0 Å². The van der Waals surface area contributed by atoms with Gasteiger partial charge in [-0.05, 0) is 27.7 Å². The van der Waals surface area contributed by atoms with Crippen molar-refractivity contribution in [1.82, 2.24) is 0 Å². The maximum atomic E-state index is 11.8. The average Bonchev–Trinajstić information content (AvgIpc) is 2.51. The van der Waals surface area contributed by atoms with Gasteiger partial charge in [-0.15, -0.1) is 0 Å². The maximum absolute atomic E-state index is 11.8. The van der Waals surface area contributed by atoms with Gasteiger partial charge in [0.15, 0.2) is 11.2 Å². The summed E-state index contributed by atoms with van der Waals surface area (Å²) in [4.78, 5) is 9.63. The molecule has 7 nitrogen and oxygen atoms in total. The van der Waals surface area contributed by atoms with Crippen LogP contribution in [-0.4, -0.2) is 41.9 Å². The van der Waals surface area contributed by atoms with Gasteiger partial charge in [-0.2, -0.15) is 0 Å². The zero-order chi connectivity index (χ0) is 14.0. The van der Waals surface area contributed by atoms with Crippen molar-refractivity contribution >= 4 is 7.82 Å². The van der Waals surface area contributed by atoms with E-state index in [9.17, 15) is 9.46 Å². The lowest BCUT2D eigenvalue weighted by Gasteiger charge is -2.38. The van der Waals surface area contributed by atoms with Crippen LogP contribution in [0, 0.1) is 0 Å². The molecule has 0 aromatic carbocycles. The van der Waals surface area contributed by atoms with Crippen molar-refractivity contribution in [3.8, 4) is 0 Å². The minimum atomic E-state index is -4.18. The van der Waals surface area contributed by atoms with Crippen LogP contribution in [0.5, 0.6) is 0 Å². The molecule has 0 amide bonds. The van der Waals surface area contributed by atoms with Gasteiger partial charge in [0.25, 0.3) is 0 Å². The van der Waals surface area contributed by atoms with E-state index in [1.165, 1.54) is 14.2 Å². The van der Waals surface area contributed by atoms with Crippen molar-refractivity contribution in [3.05, 3.63) is 0 Å². The quantitative estimate of drug-likeness (QED) is 0.766. The predicted octanol–water partition coefficient (Wildman–Crippen LogP) is 1.41. The van der Waals surface area contributed by atoms with Crippen LogP contribution in [0.2, 0.25) is 0 Å². The number of fused-ring (bicyclic) bond motifs is 1. The van der Waals surface area contributed by atoms with Crippen molar-refractivity contribution in [3.63, 3.8) is 0 Å². The number of hydrogen-bond donors (Lipinski definition) is 1. The van der Waals surface area contributed by atoms with Crippen molar-refractivity contribution in [1.29, 1.82) is 0 Å². The second-order valence-corrected chi connectivity index (χ2v) is 6.42. The summed E-state index contributed by atoms with van der Waals surface area (Å²) in [5.41, 5.74) is -2.58. The molecule has 2 rings (SSSR count). The Bertz CT molecular complexity index is 394. The molecule has 2 aliphatic heterocycles. The van der Waals surface area contributed by atoms with Crippen molar-refractivity contribution in [2.75, 3.05) is 14.2 Å². The second kappa shape index (κ2) is 3.55. The van der Waals surface area contributed by atoms with Crippen LogP contribution in [0.3, 0.4) is 0 Å². The van der Waals surface area contributed by atoms with Crippen molar-refractivity contribution in [2.24, 2.45) is 0 Å². The zero-order valence-electron chi connectivity index (χ0n) is 11.3. The average molecular weight is 282 g/mol. The topological polar surface area (TPSA) is 83.5 Å². The van der Waals surface area contributed by atoms with Gasteiger partial charge in [0.1, 0.15) is 0 Å². The van der Waals surface area contributed by atoms with E-state index in [1.807, 2.05) is 0 Å². The minimum Gasteiger partial charge on any atom is -0.351 e. The Hall–Kier alpha value is -0.0100. The molecule has 0 saturated carbocycles. The summed E-state index contributed by atoms with van der Waals surface area (Å²) in [5.74, 6) is -2.55. The second-order valence-electron chi connectivity index (χ2n) is 5.12. The Kier molecular flexibility index (Phi) is 2.84. The van der Waals surface area contributed by atoms with Crippen LogP contribution in [0.1, 0.15) is 27.7 Å². The molecule has 0 spiro atoms. The number of rotatable bonds is 2. The van der Waals surface area contributed by atoms with E-state index < -0.39 is 30.6 Å². The molecule has 2 heterocycles. The van der Waals surface area contributed by atoms with Crippen LogP contribution in [0.25, 0.3) is 0 Å². The van der Waals surface area contributed by atoms with Gasteiger partial charge < -0.3 is 19.1 Å². The molecular formula is C10H19O7P. The first-order valence-corrected chi connectivity index (χ1v) is 7.03. The van der Waals surface area contributed by atoms with Crippen molar-refractivity contribution < 1.29 is 32.7 Å². The highest BCUT2D eigenvalue weighted by Gasteiger charge is 2.82. The Labute approximate surface area is 106 Å². The highest BCUT2D eigenvalue weighted by atomic mass is 31.2. The molecule has 2 fully saturated rings. The molecular weight excluding hydrogens is 263 g/mol. The summed E-state index contributed by atoms with van der Waals surface area (Å²) >= 11 is 0. The fourth-order valence-electron chi connectivity index (χ4n) is 2.73. The van der Waals surface area contributed by atoms with E-state index in [1.54, 1.807) is 27.7 Å². The summed E-state index contributed by atoms with van der Waals surface area (Å²) in [6, 6.07) is 0. The van der Waals surface area contributed by atoms with Gasteiger partial charge in [-0.3, -0.25) is 9.05 Å². The molecule has 0 aromatic heterocycles. The lowest BCUT2D eigenvalue weighted by molar-refractivity contribution is -0.323. The number of hydrogen-bond acceptors (Lipinski definition) is 6. The van der Waals surface area contributed by atoms with E-state index in [0.29, 0.717) is 0 Å². The highest BCUT2D eigenvalue weighted by Crippen LogP contribution is 2.71. The third kappa shape index (κ3) is 1.38. The van der Waals surface area contributed by atoms with Gasteiger partial charge in [-0.1, -0.05) is 0 Å². The Morgan fingerprint density at radius 1 is 0.944 bits per heavy atom. The summed E-state index contributed by atoms with van der Waals surface area (Å²) in [7, 11) is -1.32. The fraction of sp³-hybridized carbons (Fsp3) is 1.00. The summed E-state index contributed by atoms with van der Waals surface area (Å²) in [5, 5.41) is 0. The molecule has 18 heavy (non-hydrogen) atoms. The first kappa shape index (κ1) is 14.4. The predicted molar refractivity (Wildman–Crippen MR) is 60.7 cm³/mol. The van der Waals surface area contributed by atoms with Gasteiger partial charge in [0.05, 0.1) is 0 Å². The number of phosphoric ester groups is 1. The largest absolute Gasteiger partial charge is 0.473 e. The van der Waals surface area contributed by atoms with Crippen LogP contribution >= 0.6 is 7.82 Å². The Morgan fingerprint density at radius 2 is 1.28 bits per heavy atom. The molecule has 0 bridgehead atoms. The smallest absolute Gasteiger partial charge is 0.351 e. The molecule has 1 N–H and O–H groups in total. The molecule has 2 aliphatic rings. The SMILES string of the molecule is COC1(C)OC(C)(OC)C2(C)OP(=O)(O)OC12C. The monoisotopic (exact) mass is 282 g/mol. The molecule has 2 saturated heterocycles. The molecule has 0 radical (unpaired) electrons. The third-order valence-electron chi connectivity index (χ3n) is 4.41. The summed E-state index contributed by atoms with van der Waals surface area (Å²) < 4.78 is 38.7. The van der Waals surface area contributed by atoms with Crippen LogP contribution in [0.4, 0.5) is 0 Å². The molecule has 0 aromatic rings. The van der Waals surface area contributed by atoms with Crippen LogP contribution < -0.4 is 0 Å². The molecule has 4 atom stereocenters. The lowest BCUT2D eigenvalue weighted by Crippen LogP contribution is -2.60. The normalized spacial score (nSPS) is 59.9. The van der Waals surface area contributed by atoms with Crippen molar-refractivity contribution in [2.45, 2.75) is 50.5 Å². The van der Waals surface area contributed by atoms with E-state index in [4.69, 9.17) is 23.3 Å². The van der Waals surface area contributed by atoms with E-state index in [-0.39, 0.29) is 0 Å².